The van der Waals surface area contributed by atoms with Crippen molar-refractivity contribution in [3.63, 3.8) is 0 Å². The molecule has 0 aromatic heterocycles. The molecular formula is C19H42IN5. The van der Waals surface area contributed by atoms with Gasteiger partial charge in [0, 0.05) is 38.8 Å². The predicted octanol–water partition coefficient (Wildman–Crippen LogP) is 3.15. The maximum atomic E-state index is 4.32. The fourth-order valence-corrected chi connectivity index (χ4v) is 3.15. The van der Waals surface area contributed by atoms with Crippen molar-refractivity contribution in [3.8, 4) is 0 Å². The van der Waals surface area contributed by atoms with Gasteiger partial charge in [0.15, 0.2) is 5.96 Å². The zero-order valence-corrected chi connectivity index (χ0v) is 19.5. The molecule has 0 aliphatic carbocycles. The minimum absolute atomic E-state index is 0. The third-order valence-electron chi connectivity index (χ3n) is 5.19. The van der Waals surface area contributed by atoms with Crippen LogP contribution in [0.2, 0.25) is 0 Å². The number of nitrogens with zero attached hydrogens (tertiary/aromatic N) is 3. The zero-order valence-electron chi connectivity index (χ0n) is 17.2. The molecule has 6 heteroatoms. The number of nitrogens with one attached hydrogen (secondary N) is 2. The van der Waals surface area contributed by atoms with E-state index in [-0.39, 0.29) is 24.0 Å². The maximum absolute atomic E-state index is 4.32. The van der Waals surface area contributed by atoms with Gasteiger partial charge in [-0.2, -0.15) is 0 Å². The van der Waals surface area contributed by atoms with Gasteiger partial charge in [-0.25, -0.2) is 0 Å². The Kier molecular flexibility index (Phi) is 15.0. The van der Waals surface area contributed by atoms with Crippen molar-refractivity contribution in [3.05, 3.63) is 0 Å². The number of halogens is 1. The Labute approximate surface area is 173 Å². The van der Waals surface area contributed by atoms with E-state index in [1.165, 1.54) is 58.2 Å². The number of unbranched alkanes of at least 4 members (excludes halogenated alkanes) is 1. The van der Waals surface area contributed by atoms with Gasteiger partial charge in [-0.15, -0.1) is 24.0 Å². The summed E-state index contributed by atoms with van der Waals surface area (Å²) in [6, 6.07) is 1.40. The molecule has 1 fully saturated rings. The third kappa shape index (κ3) is 11.3. The first-order valence-corrected chi connectivity index (χ1v) is 9.93. The standard InChI is InChI=1S/C19H41N5.HI/c1-17(2)23(5)14-9-7-12-21-19(20-4)22-13-10-16-24-15-8-6-11-18(24)3;/h17-18H,6-16H2,1-5H3,(H2,20,21,22);1H. The van der Waals surface area contributed by atoms with Crippen LogP contribution in [0.5, 0.6) is 0 Å². The topological polar surface area (TPSA) is 42.9 Å². The highest BCUT2D eigenvalue weighted by atomic mass is 127. The molecule has 5 nitrogen and oxygen atoms in total. The number of hydrogen-bond donors (Lipinski definition) is 2. The fourth-order valence-electron chi connectivity index (χ4n) is 3.15. The third-order valence-corrected chi connectivity index (χ3v) is 5.19. The molecule has 0 radical (unpaired) electrons. The SMILES string of the molecule is CN=C(NCCCCN(C)C(C)C)NCCCN1CCCCC1C.I. The van der Waals surface area contributed by atoms with Crippen LogP contribution in [0.15, 0.2) is 4.99 Å². The normalized spacial score (nSPS) is 19.2. The van der Waals surface area contributed by atoms with Gasteiger partial charge in [-0.3, -0.25) is 4.99 Å². The van der Waals surface area contributed by atoms with Crippen LogP contribution < -0.4 is 10.6 Å². The van der Waals surface area contributed by atoms with Crippen LogP contribution in [0.1, 0.15) is 59.3 Å². The fraction of sp³-hybridized carbons (Fsp3) is 0.947. The predicted molar refractivity (Wildman–Crippen MR) is 121 cm³/mol. The van der Waals surface area contributed by atoms with E-state index in [1.807, 2.05) is 7.05 Å². The number of rotatable bonds is 10. The average Bonchev–Trinajstić information content (AvgIpc) is 2.57. The van der Waals surface area contributed by atoms with Crippen molar-refractivity contribution < 1.29 is 0 Å². The van der Waals surface area contributed by atoms with Gasteiger partial charge >= 0.3 is 0 Å². The van der Waals surface area contributed by atoms with Crippen LogP contribution in [0.4, 0.5) is 0 Å². The molecule has 0 aromatic carbocycles. The van der Waals surface area contributed by atoms with E-state index >= 15 is 0 Å². The number of likely N-dealkylation sites (tertiary alicyclic amines) is 1. The molecule has 1 rings (SSSR count). The molecule has 150 valence electrons. The van der Waals surface area contributed by atoms with Crippen LogP contribution in [0.3, 0.4) is 0 Å². The van der Waals surface area contributed by atoms with E-state index in [0.29, 0.717) is 6.04 Å². The van der Waals surface area contributed by atoms with E-state index in [0.717, 1.165) is 25.1 Å². The Balaban J connectivity index is 0.00000576. The lowest BCUT2D eigenvalue weighted by Crippen LogP contribution is -2.41. The molecule has 0 amide bonds. The molecule has 1 atom stereocenters. The first-order valence-electron chi connectivity index (χ1n) is 9.93. The van der Waals surface area contributed by atoms with E-state index in [4.69, 9.17) is 0 Å². The summed E-state index contributed by atoms with van der Waals surface area (Å²) in [7, 11) is 4.05. The minimum atomic E-state index is 0. The van der Waals surface area contributed by atoms with Gasteiger partial charge in [-0.1, -0.05) is 6.42 Å². The van der Waals surface area contributed by atoms with Crippen molar-refractivity contribution in [2.75, 3.05) is 46.8 Å². The summed E-state index contributed by atoms with van der Waals surface area (Å²) in [4.78, 5) is 9.35. The quantitative estimate of drug-likeness (QED) is 0.224. The van der Waals surface area contributed by atoms with Gasteiger partial charge < -0.3 is 20.4 Å². The Morgan fingerprint density at radius 1 is 1.16 bits per heavy atom. The van der Waals surface area contributed by atoms with E-state index in [2.05, 4.69) is 53.2 Å². The van der Waals surface area contributed by atoms with Crippen LogP contribution in [-0.4, -0.2) is 74.7 Å². The van der Waals surface area contributed by atoms with Crippen molar-refractivity contribution in [1.82, 2.24) is 20.4 Å². The minimum Gasteiger partial charge on any atom is -0.356 e. The molecule has 1 aliphatic heterocycles. The number of piperidine rings is 1. The summed E-state index contributed by atoms with van der Waals surface area (Å²) in [5.41, 5.74) is 0. The van der Waals surface area contributed by atoms with E-state index < -0.39 is 0 Å². The summed E-state index contributed by atoms with van der Waals surface area (Å²) in [5, 5.41) is 6.87. The van der Waals surface area contributed by atoms with Gasteiger partial charge in [-0.05, 0) is 73.0 Å². The maximum Gasteiger partial charge on any atom is 0.190 e. The molecule has 0 spiro atoms. The van der Waals surface area contributed by atoms with Crippen molar-refractivity contribution in [2.24, 2.45) is 4.99 Å². The number of hydrogen-bond acceptors (Lipinski definition) is 3. The van der Waals surface area contributed by atoms with Crippen molar-refractivity contribution in [1.29, 1.82) is 0 Å². The highest BCUT2D eigenvalue weighted by molar-refractivity contribution is 14.0. The smallest absolute Gasteiger partial charge is 0.190 e. The van der Waals surface area contributed by atoms with Crippen molar-refractivity contribution >= 4 is 29.9 Å². The second kappa shape index (κ2) is 15.0. The molecule has 1 unspecified atom stereocenters. The van der Waals surface area contributed by atoms with Crippen LogP contribution in [-0.2, 0) is 0 Å². The largest absolute Gasteiger partial charge is 0.356 e. The lowest BCUT2D eigenvalue weighted by atomic mass is 10.0. The molecule has 0 bridgehead atoms. The summed E-state index contributed by atoms with van der Waals surface area (Å²) in [6.45, 7) is 12.5. The number of aliphatic imine (C=N–C) groups is 1. The molecule has 0 saturated carbocycles. The summed E-state index contributed by atoms with van der Waals surface area (Å²) in [6.07, 6.45) is 7.73. The van der Waals surface area contributed by atoms with Gasteiger partial charge in [0.2, 0.25) is 0 Å². The van der Waals surface area contributed by atoms with E-state index in [1.54, 1.807) is 0 Å². The Morgan fingerprint density at radius 2 is 1.84 bits per heavy atom. The van der Waals surface area contributed by atoms with Gasteiger partial charge in [0.05, 0.1) is 0 Å². The molecule has 1 heterocycles. The molecule has 1 aliphatic rings. The lowest BCUT2D eigenvalue weighted by molar-refractivity contribution is 0.159. The summed E-state index contributed by atoms with van der Waals surface area (Å²) in [5.74, 6) is 0.943. The van der Waals surface area contributed by atoms with Crippen molar-refractivity contribution in [2.45, 2.75) is 71.4 Å². The summed E-state index contributed by atoms with van der Waals surface area (Å²) < 4.78 is 0. The summed E-state index contributed by atoms with van der Waals surface area (Å²) >= 11 is 0. The first-order chi connectivity index (χ1) is 11.5. The molecule has 25 heavy (non-hydrogen) atoms. The second-order valence-electron chi connectivity index (χ2n) is 7.44. The zero-order chi connectivity index (χ0) is 17.8. The molecular weight excluding hydrogens is 425 g/mol. The average molecular weight is 467 g/mol. The molecule has 2 N–H and O–H groups in total. The van der Waals surface area contributed by atoms with Gasteiger partial charge in [0.1, 0.15) is 0 Å². The second-order valence-corrected chi connectivity index (χ2v) is 7.44. The van der Waals surface area contributed by atoms with Crippen LogP contribution in [0.25, 0.3) is 0 Å². The monoisotopic (exact) mass is 467 g/mol. The number of guanidine groups is 1. The van der Waals surface area contributed by atoms with Crippen LogP contribution >= 0.6 is 24.0 Å². The molecule has 1 saturated heterocycles. The first kappa shape index (κ1) is 24.9. The Bertz CT molecular complexity index is 349. The highest BCUT2D eigenvalue weighted by Crippen LogP contribution is 2.15. The Hall–Kier alpha value is -0.0800. The van der Waals surface area contributed by atoms with E-state index in [9.17, 15) is 0 Å². The Morgan fingerprint density at radius 3 is 2.44 bits per heavy atom. The molecule has 0 aromatic rings. The highest BCUT2D eigenvalue weighted by Gasteiger charge is 2.17. The van der Waals surface area contributed by atoms with Crippen LogP contribution in [0, 0.1) is 0 Å². The van der Waals surface area contributed by atoms with Gasteiger partial charge in [0.25, 0.3) is 0 Å². The lowest BCUT2D eigenvalue weighted by Gasteiger charge is -2.33.